The molecule has 5 heteroatoms. The Hall–Kier alpha value is -1.75. The molecule has 0 saturated heterocycles. The van der Waals surface area contributed by atoms with Gasteiger partial charge < -0.3 is 14.2 Å². The van der Waals surface area contributed by atoms with E-state index in [9.17, 15) is 4.79 Å². The first kappa shape index (κ1) is 11.3. The number of esters is 1. The Morgan fingerprint density at radius 1 is 1.28 bits per heavy atom. The second-order valence-electron chi connectivity index (χ2n) is 4.49. The van der Waals surface area contributed by atoms with Crippen LogP contribution in [0.4, 0.5) is 0 Å². The van der Waals surface area contributed by atoms with Crippen LogP contribution in [0.1, 0.15) is 35.0 Å². The van der Waals surface area contributed by atoms with Crippen LogP contribution < -0.4 is 14.8 Å². The van der Waals surface area contributed by atoms with Crippen molar-refractivity contribution >= 4 is 5.97 Å². The third-order valence-electron chi connectivity index (χ3n) is 3.25. The molecule has 1 aromatic rings. The first-order valence-corrected chi connectivity index (χ1v) is 5.96. The quantitative estimate of drug-likeness (QED) is 0.822. The summed E-state index contributed by atoms with van der Waals surface area (Å²) in [7, 11) is 3.07. The lowest BCUT2D eigenvalue weighted by Crippen LogP contribution is -2.23. The molecule has 96 valence electrons. The molecule has 1 atom stereocenters. The Morgan fingerprint density at radius 2 is 2.06 bits per heavy atom. The second kappa shape index (κ2) is 4.17. The van der Waals surface area contributed by atoms with Gasteiger partial charge in [-0.2, -0.15) is 0 Å². The van der Waals surface area contributed by atoms with Crippen molar-refractivity contribution in [2.24, 2.45) is 0 Å². The lowest BCUT2D eigenvalue weighted by atomic mass is 10.1. The SMILES string of the molecule is COc1ccc2c(c1OC)C(=O)O[C@@H]2NC1CC1. The summed E-state index contributed by atoms with van der Waals surface area (Å²) < 4.78 is 15.8. The number of benzene rings is 1. The standard InChI is InChI=1S/C13H15NO4/c1-16-9-6-5-8-10(11(9)17-2)13(15)18-12(8)14-7-3-4-7/h5-7,12,14H,3-4H2,1-2H3/t12-/m0/s1. The van der Waals surface area contributed by atoms with Crippen LogP contribution in [0.3, 0.4) is 0 Å². The third kappa shape index (κ3) is 1.71. The molecule has 1 aliphatic heterocycles. The number of cyclic esters (lactones) is 1. The van der Waals surface area contributed by atoms with E-state index in [4.69, 9.17) is 14.2 Å². The number of rotatable bonds is 4. The maximum absolute atomic E-state index is 11.9. The van der Waals surface area contributed by atoms with Crippen molar-refractivity contribution in [3.8, 4) is 11.5 Å². The van der Waals surface area contributed by atoms with Crippen LogP contribution in [0.5, 0.6) is 11.5 Å². The molecular weight excluding hydrogens is 234 g/mol. The average molecular weight is 249 g/mol. The molecule has 1 heterocycles. The molecule has 0 bridgehead atoms. The topological polar surface area (TPSA) is 56.8 Å². The van der Waals surface area contributed by atoms with E-state index in [0.29, 0.717) is 23.1 Å². The first-order chi connectivity index (χ1) is 8.74. The van der Waals surface area contributed by atoms with E-state index in [1.807, 2.05) is 6.07 Å². The first-order valence-electron chi connectivity index (χ1n) is 5.96. The highest BCUT2D eigenvalue weighted by Crippen LogP contribution is 2.41. The fourth-order valence-corrected chi connectivity index (χ4v) is 2.19. The minimum absolute atomic E-state index is 0.361. The van der Waals surface area contributed by atoms with Crippen molar-refractivity contribution in [2.75, 3.05) is 14.2 Å². The summed E-state index contributed by atoms with van der Waals surface area (Å²) in [5.74, 6) is 0.624. The smallest absolute Gasteiger partial charge is 0.344 e. The lowest BCUT2D eigenvalue weighted by molar-refractivity contribution is 0.0302. The molecule has 0 radical (unpaired) electrons. The van der Waals surface area contributed by atoms with Gasteiger partial charge in [-0.15, -0.1) is 0 Å². The van der Waals surface area contributed by atoms with Crippen molar-refractivity contribution < 1.29 is 19.0 Å². The fourth-order valence-electron chi connectivity index (χ4n) is 2.19. The third-order valence-corrected chi connectivity index (χ3v) is 3.25. The van der Waals surface area contributed by atoms with Crippen LogP contribution >= 0.6 is 0 Å². The molecule has 1 aromatic carbocycles. The molecular formula is C13H15NO4. The Kier molecular flexibility index (Phi) is 2.63. The van der Waals surface area contributed by atoms with E-state index >= 15 is 0 Å². The number of carbonyl (C=O) groups excluding carboxylic acids is 1. The predicted octanol–water partition coefficient (Wildman–Crippen LogP) is 1.62. The normalized spacial score (nSPS) is 21.4. The van der Waals surface area contributed by atoms with Crippen LogP contribution in [0, 0.1) is 0 Å². The van der Waals surface area contributed by atoms with E-state index in [2.05, 4.69) is 5.32 Å². The van der Waals surface area contributed by atoms with Crippen LogP contribution in [-0.4, -0.2) is 26.2 Å². The fraction of sp³-hybridized carbons (Fsp3) is 0.462. The van der Waals surface area contributed by atoms with Gasteiger partial charge in [-0.25, -0.2) is 4.79 Å². The zero-order valence-electron chi connectivity index (χ0n) is 10.4. The zero-order valence-corrected chi connectivity index (χ0v) is 10.4. The summed E-state index contributed by atoms with van der Waals surface area (Å²) >= 11 is 0. The van der Waals surface area contributed by atoms with E-state index in [-0.39, 0.29) is 12.2 Å². The number of methoxy groups -OCH3 is 2. The van der Waals surface area contributed by atoms with Crippen LogP contribution in [-0.2, 0) is 4.74 Å². The summed E-state index contributed by atoms with van der Waals surface area (Å²) in [6, 6.07) is 4.10. The van der Waals surface area contributed by atoms with E-state index in [1.54, 1.807) is 13.2 Å². The molecule has 0 unspecified atom stereocenters. The Labute approximate surface area is 105 Å². The maximum Gasteiger partial charge on any atom is 0.344 e. The molecule has 0 aromatic heterocycles. The number of hydrogen-bond acceptors (Lipinski definition) is 5. The predicted molar refractivity (Wildman–Crippen MR) is 63.9 cm³/mol. The molecule has 1 saturated carbocycles. The van der Waals surface area contributed by atoms with Gasteiger partial charge in [-0.1, -0.05) is 0 Å². The molecule has 18 heavy (non-hydrogen) atoms. The van der Waals surface area contributed by atoms with E-state index in [0.717, 1.165) is 18.4 Å². The molecule has 0 amide bonds. The monoisotopic (exact) mass is 249 g/mol. The molecule has 1 aliphatic carbocycles. The van der Waals surface area contributed by atoms with Gasteiger partial charge in [-0.3, -0.25) is 5.32 Å². The summed E-state index contributed by atoms with van der Waals surface area (Å²) in [5, 5.41) is 3.29. The van der Waals surface area contributed by atoms with E-state index < -0.39 is 0 Å². The minimum Gasteiger partial charge on any atom is -0.493 e. The summed E-state index contributed by atoms with van der Waals surface area (Å²) in [4.78, 5) is 11.9. The molecule has 2 aliphatic rings. The maximum atomic E-state index is 11.9. The van der Waals surface area contributed by atoms with Gasteiger partial charge in [0.15, 0.2) is 17.7 Å². The molecule has 3 rings (SSSR count). The highest BCUT2D eigenvalue weighted by atomic mass is 16.6. The zero-order chi connectivity index (χ0) is 12.7. The minimum atomic E-state index is -0.362. The highest BCUT2D eigenvalue weighted by molar-refractivity contribution is 5.98. The molecule has 0 spiro atoms. The van der Waals surface area contributed by atoms with Crippen molar-refractivity contribution in [1.82, 2.24) is 5.32 Å². The lowest BCUT2D eigenvalue weighted by Gasteiger charge is -2.13. The number of ether oxygens (including phenoxy) is 3. The summed E-state index contributed by atoms with van der Waals surface area (Å²) in [6.45, 7) is 0. The van der Waals surface area contributed by atoms with Gasteiger partial charge >= 0.3 is 5.97 Å². The number of hydrogen-bond donors (Lipinski definition) is 1. The number of carbonyl (C=O) groups is 1. The summed E-state index contributed by atoms with van der Waals surface area (Å²) in [6.07, 6.45) is 1.91. The van der Waals surface area contributed by atoms with Crippen molar-refractivity contribution in [3.63, 3.8) is 0 Å². The van der Waals surface area contributed by atoms with Gasteiger partial charge in [0.1, 0.15) is 5.56 Å². The van der Waals surface area contributed by atoms with Gasteiger partial charge in [0.25, 0.3) is 0 Å². The molecule has 5 nitrogen and oxygen atoms in total. The molecule has 1 N–H and O–H groups in total. The van der Waals surface area contributed by atoms with Crippen LogP contribution in [0.15, 0.2) is 12.1 Å². The van der Waals surface area contributed by atoms with Crippen molar-refractivity contribution in [1.29, 1.82) is 0 Å². The molecule has 1 fully saturated rings. The highest BCUT2D eigenvalue weighted by Gasteiger charge is 2.38. The van der Waals surface area contributed by atoms with Gasteiger partial charge in [-0.05, 0) is 25.0 Å². The van der Waals surface area contributed by atoms with Gasteiger partial charge in [0.2, 0.25) is 0 Å². The largest absolute Gasteiger partial charge is 0.493 e. The van der Waals surface area contributed by atoms with Gasteiger partial charge in [0.05, 0.1) is 14.2 Å². The van der Waals surface area contributed by atoms with Crippen LogP contribution in [0.25, 0.3) is 0 Å². The van der Waals surface area contributed by atoms with Crippen LogP contribution in [0.2, 0.25) is 0 Å². The second-order valence-corrected chi connectivity index (χ2v) is 4.49. The van der Waals surface area contributed by atoms with E-state index in [1.165, 1.54) is 7.11 Å². The summed E-state index contributed by atoms with van der Waals surface area (Å²) in [5.41, 5.74) is 1.29. The Morgan fingerprint density at radius 3 is 2.67 bits per heavy atom. The number of nitrogens with one attached hydrogen (secondary N) is 1. The Bertz CT molecular complexity index is 496. The van der Waals surface area contributed by atoms with Crippen molar-refractivity contribution in [3.05, 3.63) is 23.3 Å². The van der Waals surface area contributed by atoms with Crippen molar-refractivity contribution in [2.45, 2.75) is 25.1 Å². The van der Waals surface area contributed by atoms with Gasteiger partial charge in [0, 0.05) is 11.6 Å². The Balaban J connectivity index is 2.01. The average Bonchev–Trinajstić information content (AvgIpc) is 3.14. The number of fused-ring (bicyclic) bond motifs is 1.